The maximum atomic E-state index is 12.6. The third-order valence-electron chi connectivity index (χ3n) is 4.37. The summed E-state index contributed by atoms with van der Waals surface area (Å²) in [5.41, 5.74) is 1.91. The number of carbonyl (C=O) groups is 2. The molecule has 1 aliphatic rings. The fourth-order valence-corrected chi connectivity index (χ4v) is 4.82. The minimum atomic E-state index is -0.371. The predicted octanol–water partition coefficient (Wildman–Crippen LogP) is 4.79. The summed E-state index contributed by atoms with van der Waals surface area (Å²) in [5, 5.41) is 6.85. The maximum Gasteiger partial charge on any atom is 0.257 e. The van der Waals surface area contributed by atoms with Crippen LogP contribution in [-0.4, -0.2) is 18.9 Å². The quantitative estimate of drug-likeness (QED) is 0.782. The lowest BCUT2D eigenvalue weighted by Gasteiger charge is -2.18. The van der Waals surface area contributed by atoms with Crippen molar-refractivity contribution in [3.8, 4) is 0 Å². The van der Waals surface area contributed by atoms with E-state index in [9.17, 15) is 9.59 Å². The zero-order valence-corrected chi connectivity index (χ0v) is 16.2. The lowest BCUT2D eigenvalue weighted by atomic mass is 9.88. The van der Waals surface area contributed by atoms with Crippen LogP contribution in [0, 0.1) is 5.92 Å². The molecule has 0 saturated carbocycles. The second kappa shape index (κ2) is 7.36. The molecule has 1 unspecified atom stereocenters. The molecular formula is C18H18Cl2N2O2S. The number of halogens is 2. The van der Waals surface area contributed by atoms with Gasteiger partial charge in [-0.2, -0.15) is 0 Å². The first-order valence-corrected chi connectivity index (χ1v) is 9.61. The van der Waals surface area contributed by atoms with E-state index in [2.05, 4.69) is 17.6 Å². The van der Waals surface area contributed by atoms with Gasteiger partial charge in [-0.25, -0.2) is 0 Å². The van der Waals surface area contributed by atoms with E-state index in [1.54, 1.807) is 19.2 Å². The largest absolute Gasteiger partial charge is 0.355 e. The van der Waals surface area contributed by atoms with E-state index in [0.717, 1.165) is 24.8 Å². The van der Waals surface area contributed by atoms with Crippen LogP contribution in [0.1, 0.15) is 44.5 Å². The Morgan fingerprint density at radius 1 is 1.24 bits per heavy atom. The molecule has 1 aromatic heterocycles. The van der Waals surface area contributed by atoms with Gasteiger partial charge < -0.3 is 10.6 Å². The number of rotatable bonds is 3. The van der Waals surface area contributed by atoms with Crippen LogP contribution in [0.25, 0.3) is 0 Å². The Labute approximate surface area is 160 Å². The zero-order valence-electron chi connectivity index (χ0n) is 13.9. The van der Waals surface area contributed by atoms with Crippen molar-refractivity contribution in [2.24, 2.45) is 5.92 Å². The highest BCUT2D eigenvalue weighted by Crippen LogP contribution is 2.40. The predicted molar refractivity (Wildman–Crippen MR) is 103 cm³/mol. The Bertz CT molecular complexity index is 848. The second-order valence-electron chi connectivity index (χ2n) is 6.21. The van der Waals surface area contributed by atoms with E-state index < -0.39 is 0 Å². The van der Waals surface area contributed by atoms with Crippen LogP contribution >= 0.6 is 34.5 Å². The van der Waals surface area contributed by atoms with E-state index in [0.29, 0.717) is 26.5 Å². The van der Waals surface area contributed by atoms with Crippen molar-refractivity contribution in [1.29, 1.82) is 0 Å². The first-order chi connectivity index (χ1) is 11.9. The lowest BCUT2D eigenvalue weighted by molar-refractivity contribution is 0.0963. The smallest absolute Gasteiger partial charge is 0.257 e. The van der Waals surface area contributed by atoms with Crippen molar-refractivity contribution in [3.05, 3.63) is 49.8 Å². The molecule has 2 N–H and O–H groups in total. The molecule has 2 aromatic rings. The highest BCUT2D eigenvalue weighted by molar-refractivity contribution is 7.17. The molecule has 0 radical (unpaired) electrons. The van der Waals surface area contributed by atoms with Crippen molar-refractivity contribution < 1.29 is 9.59 Å². The standard InChI is InChI=1S/C18H18Cl2N2O2S/c1-9-3-5-11-14(7-9)25-18(15(11)17(24)21-2)22-16(23)12-8-10(19)4-6-13(12)20/h4,6,8-9H,3,5,7H2,1-2H3,(H,21,24)(H,22,23). The van der Waals surface area contributed by atoms with Crippen LogP contribution in [0.4, 0.5) is 5.00 Å². The normalized spacial score (nSPS) is 16.2. The van der Waals surface area contributed by atoms with E-state index in [4.69, 9.17) is 23.2 Å². The molecule has 2 amide bonds. The summed E-state index contributed by atoms with van der Waals surface area (Å²) in [5.74, 6) is 0.0263. The average molecular weight is 397 g/mol. The van der Waals surface area contributed by atoms with Gasteiger partial charge in [-0.05, 0) is 48.9 Å². The number of nitrogens with one attached hydrogen (secondary N) is 2. The highest BCUT2D eigenvalue weighted by atomic mass is 35.5. The molecule has 1 aliphatic carbocycles. The van der Waals surface area contributed by atoms with Gasteiger partial charge in [0, 0.05) is 16.9 Å². The summed E-state index contributed by atoms with van der Waals surface area (Å²) in [6.45, 7) is 2.20. The molecule has 1 heterocycles. The summed E-state index contributed by atoms with van der Waals surface area (Å²) >= 11 is 13.6. The van der Waals surface area contributed by atoms with E-state index in [1.165, 1.54) is 22.3 Å². The van der Waals surface area contributed by atoms with Gasteiger partial charge >= 0.3 is 0 Å². The fraction of sp³-hybridized carbons (Fsp3) is 0.333. The number of thiophene rings is 1. The third kappa shape index (κ3) is 3.68. The molecule has 1 aromatic carbocycles. The topological polar surface area (TPSA) is 58.2 Å². The van der Waals surface area contributed by atoms with Crippen LogP contribution in [0.3, 0.4) is 0 Å². The fourth-order valence-electron chi connectivity index (χ4n) is 3.05. The molecule has 0 fully saturated rings. The average Bonchev–Trinajstić information content (AvgIpc) is 2.93. The zero-order chi connectivity index (χ0) is 18.1. The molecule has 0 spiro atoms. The number of hydrogen-bond acceptors (Lipinski definition) is 3. The Morgan fingerprint density at radius 2 is 2.00 bits per heavy atom. The van der Waals surface area contributed by atoms with Gasteiger partial charge in [0.25, 0.3) is 11.8 Å². The molecule has 0 aliphatic heterocycles. The summed E-state index contributed by atoms with van der Waals surface area (Å²) in [6, 6.07) is 4.73. The van der Waals surface area contributed by atoms with Gasteiger partial charge in [-0.3, -0.25) is 9.59 Å². The molecule has 25 heavy (non-hydrogen) atoms. The SMILES string of the molecule is CNC(=O)c1c(NC(=O)c2cc(Cl)ccc2Cl)sc2c1CCC(C)C2. The monoisotopic (exact) mass is 396 g/mol. The Hall–Kier alpha value is -1.56. The second-order valence-corrected chi connectivity index (χ2v) is 8.16. The van der Waals surface area contributed by atoms with Crippen molar-refractivity contribution in [3.63, 3.8) is 0 Å². The summed E-state index contributed by atoms with van der Waals surface area (Å²) in [6.07, 6.45) is 2.82. The van der Waals surface area contributed by atoms with Gasteiger partial charge in [-0.1, -0.05) is 30.1 Å². The molecular weight excluding hydrogens is 379 g/mol. The number of fused-ring (bicyclic) bond motifs is 1. The number of carbonyl (C=O) groups excluding carboxylic acids is 2. The summed E-state index contributed by atoms with van der Waals surface area (Å²) < 4.78 is 0. The number of amides is 2. The van der Waals surface area contributed by atoms with Crippen molar-refractivity contribution in [2.45, 2.75) is 26.2 Å². The van der Waals surface area contributed by atoms with Crippen LogP contribution in [-0.2, 0) is 12.8 Å². The third-order valence-corrected chi connectivity index (χ3v) is 6.10. The van der Waals surface area contributed by atoms with Gasteiger partial charge in [0.05, 0.1) is 16.1 Å². The van der Waals surface area contributed by atoms with Crippen LogP contribution in [0.5, 0.6) is 0 Å². The number of hydrogen-bond donors (Lipinski definition) is 2. The Kier molecular flexibility index (Phi) is 5.37. The van der Waals surface area contributed by atoms with Gasteiger partial charge in [-0.15, -0.1) is 11.3 Å². The lowest BCUT2D eigenvalue weighted by Crippen LogP contribution is -2.22. The molecule has 0 saturated heterocycles. The van der Waals surface area contributed by atoms with E-state index in [-0.39, 0.29) is 17.4 Å². The summed E-state index contributed by atoms with van der Waals surface area (Å²) in [7, 11) is 1.59. The highest BCUT2D eigenvalue weighted by Gasteiger charge is 2.28. The molecule has 7 heteroatoms. The molecule has 1 atom stereocenters. The minimum absolute atomic E-state index is 0.181. The summed E-state index contributed by atoms with van der Waals surface area (Å²) in [4.78, 5) is 26.2. The van der Waals surface area contributed by atoms with Crippen LogP contribution in [0.15, 0.2) is 18.2 Å². The first kappa shape index (κ1) is 18.2. The maximum absolute atomic E-state index is 12.6. The first-order valence-electron chi connectivity index (χ1n) is 8.03. The molecule has 0 bridgehead atoms. The van der Waals surface area contributed by atoms with Gasteiger partial charge in [0.15, 0.2) is 0 Å². The Morgan fingerprint density at radius 3 is 2.72 bits per heavy atom. The van der Waals surface area contributed by atoms with Crippen LogP contribution < -0.4 is 10.6 Å². The molecule has 132 valence electrons. The van der Waals surface area contributed by atoms with Crippen molar-refractivity contribution in [2.75, 3.05) is 12.4 Å². The van der Waals surface area contributed by atoms with Crippen molar-refractivity contribution >= 4 is 51.4 Å². The minimum Gasteiger partial charge on any atom is -0.355 e. The number of benzene rings is 1. The van der Waals surface area contributed by atoms with E-state index in [1.807, 2.05) is 0 Å². The Balaban J connectivity index is 1.98. The van der Waals surface area contributed by atoms with E-state index >= 15 is 0 Å². The van der Waals surface area contributed by atoms with Gasteiger partial charge in [0.2, 0.25) is 0 Å². The molecule has 4 nitrogen and oxygen atoms in total. The van der Waals surface area contributed by atoms with Crippen LogP contribution in [0.2, 0.25) is 10.0 Å². The van der Waals surface area contributed by atoms with Crippen molar-refractivity contribution in [1.82, 2.24) is 5.32 Å². The molecule has 3 rings (SSSR count). The number of anilines is 1. The van der Waals surface area contributed by atoms with Gasteiger partial charge in [0.1, 0.15) is 5.00 Å².